The first-order valence-corrected chi connectivity index (χ1v) is 7.24. The van der Waals surface area contributed by atoms with Crippen LogP contribution in [0, 0.1) is 18.3 Å². The number of rotatable bonds is 6. The summed E-state index contributed by atoms with van der Waals surface area (Å²) in [5.74, 6) is 1.94. The number of nitrogens with zero attached hydrogens (tertiary/aromatic N) is 1. The van der Waals surface area contributed by atoms with E-state index in [1.54, 1.807) is 51.5 Å². The normalized spacial score (nSPS) is 10.8. The van der Waals surface area contributed by atoms with Gasteiger partial charge in [0.15, 0.2) is 0 Å². The maximum absolute atomic E-state index is 12.2. The van der Waals surface area contributed by atoms with Gasteiger partial charge in [0.25, 0.3) is 5.91 Å². The third-order valence-corrected chi connectivity index (χ3v) is 3.35. The summed E-state index contributed by atoms with van der Waals surface area (Å²) in [6.45, 7) is 2.02. The predicted molar refractivity (Wildman–Crippen MR) is 88.4 cm³/mol. The van der Waals surface area contributed by atoms with Gasteiger partial charge < -0.3 is 19.2 Å². The Morgan fingerprint density at radius 3 is 2.67 bits per heavy atom. The molecule has 0 bridgehead atoms. The number of nitriles is 1. The molecule has 0 saturated heterocycles. The molecule has 0 spiro atoms. The Hall–Kier alpha value is -3.20. The molecular formula is C18H18N2O4. The van der Waals surface area contributed by atoms with Crippen molar-refractivity contribution in [3.63, 3.8) is 0 Å². The summed E-state index contributed by atoms with van der Waals surface area (Å²) in [6.07, 6.45) is 1.41. The average molecular weight is 326 g/mol. The minimum atomic E-state index is -0.482. The van der Waals surface area contributed by atoms with E-state index in [1.807, 2.05) is 6.07 Å². The van der Waals surface area contributed by atoms with E-state index in [2.05, 4.69) is 5.32 Å². The van der Waals surface area contributed by atoms with Gasteiger partial charge in [-0.15, -0.1) is 0 Å². The van der Waals surface area contributed by atoms with E-state index in [0.29, 0.717) is 23.0 Å². The van der Waals surface area contributed by atoms with Crippen LogP contribution in [0.15, 0.2) is 40.3 Å². The minimum absolute atomic E-state index is 0.0307. The van der Waals surface area contributed by atoms with Crippen LogP contribution in [0.2, 0.25) is 0 Å². The Morgan fingerprint density at radius 1 is 1.29 bits per heavy atom. The fourth-order valence-corrected chi connectivity index (χ4v) is 2.09. The molecule has 0 aliphatic carbocycles. The first-order chi connectivity index (χ1) is 11.6. The van der Waals surface area contributed by atoms with Crippen LogP contribution in [0.4, 0.5) is 0 Å². The molecule has 0 aliphatic heterocycles. The summed E-state index contributed by atoms with van der Waals surface area (Å²) in [6, 6.07) is 10.6. The highest BCUT2D eigenvalue weighted by Gasteiger charge is 2.12. The number of amides is 1. The number of ether oxygens (including phenoxy) is 2. The fourth-order valence-electron chi connectivity index (χ4n) is 2.09. The molecule has 1 heterocycles. The van der Waals surface area contributed by atoms with Gasteiger partial charge in [0, 0.05) is 24.3 Å². The van der Waals surface area contributed by atoms with Gasteiger partial charge >= 0.3 is 0 Å². The lowest BCUT2D eigenvalue weighted by molar-refractivity contribution is -0.117. The molecule has 0 aliphatic rings. The van der Waals surface area contributed by atoms with Crippen LogP contribution in [-0.2, 0) is 11.3 Å². The van der Waals surface area contributed by atoms with Gasteiger partial charge in [-0.1, -0.05) is 0 Å². The number of carbonyl (C=O) groups excluding carboxylic acids is 1. The molecule has 2 rings (SSSR count). The van der Waals surface area contributed by atoms with Crippen LogP contribution in [0.3, 0.4) is 0 Å². The van der Waals surface area contributed by atoms with Gasteiger partial charge in [-0.05, 0) is 31.2 Å². The maximum Gasteiger partial charge on any atom is 0.262 e. The second-order valence-corrected chi connectivity index (χ2v) is 4.98. The number of carbonyl (C=O) groups is 1. The monoisotopic (exact) mass is 326 g/mol. The van der Waals surface area contributed by atoms with Crippen LogP contribution in [0.1, 0.15) is 17.1 Å². The van der Waals surface area contributed by atoms with Gasteiger partial charge in [0.1, 0.15) is 34.7 Å². The first-order valence-electron chi connectivity index (χ1n) is 7.24. The summed E-state index contributed by atoms with van der Waals surface area (Å²) in [4.78, 5) is 12.2. The smallest absolute Gasteiger partial charge is 0.262 e. The molecule has 0 radical (unpaired) electrons. The van der Waals surface area contributed by atoms with E-state index in [9.17, 15) is 4.79 Å². The number of nitrogens with one attached hydrogen (secondary N) is 1. The zero-order chi connectivity index (χ0) is 17.5. The SMILES string of the molecule is COc1ccc(CNC(=O)/C(C#N)=C/c2ccc(C)o2)c(OC)c1. The van der Waals surface area contributed by atoms with Crippen LogP contribution >= 0.6 is 0 Å². The molecule has 124 valence electrons. The van der Waals surface area contributed by atoms with Crippen LogP contribution in [-0.4, -0.2) is 20.1 Å². The molecule has 6 heteroatoms. The molecule has 1 aromatic carbocycles. The highest BCUT2D eigenvalue weighted by molar-refractivity contribution is 6.01. The number of benzene rings is 1. The number of furan rings is 1. The zero-order valence-corrected chi connectivity index (χ0v) is 13.8. The highest BCUT2D eigenvalue weighted by Crippen LogP contribution is 2.24. The van der Waals surface area contributed by atoms with E-state index in [0.717, 1.165) is 5.56 Å². The Balaban J connectivity index is 2.09. The van der Waals surface area contributed by atoms with Crippen molar-refractivity contribution in [3.05, 3.63) is 53.0 Å². The van der Waals surface area contributed by atoms with Crippen LogP contribution in [0.5, 0.6) is 11.5 Å². The third-order valence-electron chi connectivity index (χ3n) is 3.35. The lowest BCUT2D eigenvalue weighted by Gasteiger charge is -2.11. The fraction of sp³-hybridized carbons (Fsp3) is 0.222. The predicted octanol–water partition coefficient (Wildman–Crippen LogP) is 2.83. The summed E-state index contributed by atoms with van der Waals surface area (Å²) >= 11 is 0. The molecule has 1 aromatic heterocycles. The van der Waals surface area contributed by atoms with Gasteiger partial charge in [0.05, 0.1) is 14.2 Å². The molecule has 0 saturated carbocycles. The topological polar surface area (TPSA) is 84.5 Å². The molecule has 1 amide bonds. The van der Waals surface area contributed by atoms with Crippen molar-refractivity contribution in [2.75, 3.05) is 14.2 Å². The van der Waals surface area contributed by atoms with Crippen molar-refractivity contribution in [2.24, 2.45) is 0 Å². The summed E-state index contributed by atoms with van der Waals surface area (Å²) in [5, 5.41) is 11.9. The molecular weight excluding hydrogens is 308 g/mol. The average Bonchev–Trinajstić information content (AvgIpc) is 3.02. The van der Waals surface area contributed by atoms with Gasteiger partial charge in [0.2, 0.25) is 0 Å². The Kier molecular flexibility index (Phi) is 5.63. The van der Waals surface area contributed by atoms with Gasteiger partial charge in [-0.25, -0.2) is 0 Å². The molecule has 0 unspecified atom stereocenters. The molecule has 0 fully saturated rings. The van der Waals surface area contributed by atoms with Crippen molar-refractivity contribution >= 4 is 12.0 Å². The molecule has 2 aromatic rings. The van der Waals surface area contributed by atoms with E-state index >= 15 is 0 Å². The number of hydrogen-bond donors (Lipinski definition) is 1. The van der Waals surface area contributed by atoms with Crippen LogP contribution < -0.4 is 14.8 Å². The van der Waals surface area contributed by atoms with E-state index in [-0.39, 0.29) is 12.1 Å². The van der Waals surface area contributed by atoms with E-state index < -0.39 is 5.91 Å². The highest BCUT2D eigenvalue weighted by atomic mass is 16.5. The van der Waals surface area contributed by atoms with Crippen molar-refractivity contribution in [1.29, 1.82) is 5.26 Å². The summed E-state index contributed by atoms with van der Waals surface area (Å²) in [7, 11) is 3.11. The number of aryl methyl sites for hydroxylation is 1. The first kappa shape index (κ1) is 17.2. The Labute approximate surface area is 140 Å². The molecule has 0 atom stereocenters. The van der Waals surface area contributed by atoms with E-state index in [1.165, 1.54) is 6.08 Å². The number of hydrogen-bond acceptors (Lipinski definition) is 5. The number of methoxy groups -OCH3 is 2. The maximum atomic E-state index is 12.2. The lowest BCUT2D eigenvalue weighted by atomic mass is 10.1. The van der Waals surface area contributed by atoms with Gasteiger partial charge in [-0.2, -0.15) is 5.26 Å². The quantitative estimate of drug-likeness (QED) is 0.652. The van der Waals surface area contributed by atoms with E-state index in [4.69, 9.17) is 19.2 Å². The Bertz CT molecular complexity index is 800. The molecule has 1 N–H and O–H groups in total. The molecule has 6 nitrogen and oxygen atoms in total. The molecule has 24 heavy (non-hydrogen) atoms. The van der Waals surface area contributed by atoms with Crippen molar-refractivity contribution in [1.82, 2.24) is 5.32 Å². The van der Waals surface area contributed by atoms with Gasteiger partial charge in [-0.3, -0.25) is 4.79 Å². The summed E-state index contributed by atoms with van der Waals surface area (Å²) < 4.78 is 15.8. The van der Waals surface area contributed by atoms with Crippen molar-refractivity contribution < 1.29 is 18.7 Å². The van der Waals surface area contributed by atoms with Crippen molar-refractivity contribution in [2.45, 2.75) is 13.5 Å². The van der Waals surface area contributed by atoms with Crippen molar-refractivity contribution in [3.8, 4) is 17.6 Å². The van der Waals surface area contributed by atoms with Crippen LogP contribution in [0.25, 0.3) is 6.08 Å². The second kappa shape index (κ2) is 7.88. The third kappa shape index (κ3) is 4.17. The zero-order valence-electron chi connectivity index (χ0n) is 13.8. The second-order valence-electron chi connectivity index (χ2n) is 4.98. The Morgan fingerprint density at radius 2 is 2.08 bits per heavy atom. The lowest BCUT2D eigenvalue weighted by Crippen LogP contribution is -2.24. The summed E-state index contributed by atoms with van der Waals surface area (Å²) in [5.41, 5.74) is 0.745. The standard InChI is InChI=1S/C18H18N2O4/c1-12-4-6-16(24-12)8-14(10-19)18(21)20-11-13-5-7-15(22-2)9-17(13)23-3/h4-9H,11H2,1-3H3,(H,20,21)/b14-8+. The minimum Gasteiger partial charge on any atom is -0.497 e. The largest absolute Gasteiger partial charge is 0.497 e.